The van der Waals surface area contributed by atoms with Crippen LogP contribution in [0.25, 0.3) is 6.08 Å². The molecule has 2 aromatic carbocycles. The molecule has 3 rings (SSSR count). The van der Waals surface area contributed by atoms with E-state index >= 15 is 0 Å². The first-order valence-corrected chi connectivity index (χ1v) is 10.0. The monoisotopic (exact) mass is 379 g/mol. The molecule has 0 atom stereocenters. The molecule has 4 heteroatoms. The summed E-state index contributed by atoms with van der Waals surface area (Å²) in [4.78, 5) is 14.5. The van der Waals surface area contributed by atoms with Gasteiger partial charge in [0.15, 0.2) is 11.5 Å². The maximum Gasteiger partial charge on any atom is 0.246 e. The molecule has 1 aliphatic rings. The molecule has 0 N–H and O–H groups in total. The molecular weight excluding hydrogens is 350 g/mol. The zero-order chi connectivity index (χ0) is 19.8. The quantitative estimate of drug-likeness (QED) is 0.661. The highest BCUT2D eigenvalue weighted by molar-refractivity contribution is 5.91. The topological polar surface area (TPSA) is 38.8 Å². The highest BCUT2D eigenvalue weighted by Gasteiger charge is 2.21. The van der Waals surface area contributed by atoms with E-state index < -0.39 is 0 Å². The van der Waals surface area contributed by atoms with Crippen LogP contribution in [0.1, 0.15) is 30.9 Å². The Kier molecular flexibility index (Phi) is 7.12. The fourth-order valence-electron chi connectivity index (χ4n) is 3.64. The van der Waals surface area contributed by atoms with E-state index in [4.69, 9.17) is 9.47 Å². The minimum Gasteiger partial charge on any atom is -0.493 e. The lowest BCUT2D eigenvalue weighted by atomic mass is 9.90. The van der Waals surface area contributed by atoms with Gasteiger partial charge in [0, 0.05) is 19.2 Å². The summed E-state index contributed by atoms with van der Waals surface area (Å²) >= 11 is 0. The van der Waals surface area contributed by atoms with Crippen LogP contribution in [0.5, 0.6) is 11.5 Å². The molecule has 0 bridgehead atoms. The van der Waals surface area contributed by atoms with E-state index in [2.05, 4.69) is 30.3 Å². The number of benzene rings is 2. The summed E-state index contributed by atoms with van der Waals surface area (Å²) in [5, 5.41) is 0. The third kappa shape index (κ3) is 5.38. The van der Waals surface area contributed by atoms with Gasteiger partial charge in [0.2, 0.25) is 5.91 Å². The largest absolute Gasteiger partial charge is 0.493 e. The molecule has 1 aliphatic heterocycles. The zero-order valence-electron chi connectivity index (χ0n) is 16.8. The van der Waals surface area contributed by atoms with Gasteiger partial charge in [-0.15, -0.1) is 0 Å². The normalized spacial score (nSPS) is 15.0. The SMILES string of the molecule is CCOc1ccc(/C=C/C(=O)N2CCC(Cc3ccccc3)CC2)cc1OC. The van der Waals surface area contributed by atoms with Crippen LogP contribution < -0.4 is 9.47 Å². The van der Waals surface area contributed by atoms with Gasteiger partial charge in [-0.05, 0) is 61.4 Å². The van der Waals surface area contributed by atoms with Crippen LogP contribution in [0.4, 0.5) is 0 Å². The van der Waals surface area contributed by atoms with Crippen LogP contribution in [-0.4, -0.2) is 37.6 Å². The smallest absolute Gasteiger partial charge is 0.246 e. The predicted octanol–water partition coefficient (Wildman–Crippen LogP) is 4.59. The van der Waals surface area contributed by atoms with Crippen LogP contribution in [0.2, 0.25) is 0 Å². The van der Waals surface area contributed by atoms with Crippen LogP contribution in [-0.2, 0) is 11.2 Å². The third-order valence-electron chi connectivity index (χ3n) is 5.20. The molecular formula is C24H29NO3. The number of carbonyl (C=O) groups excluding carboxylic acids is 1. The molecule has 0 radical (unpaired) electrons. The molecule has 0 spiro atoms. The summed E-state index contributed by atoms with van der Waals surface area (Å²) in [5.74, 6) is 2.13. The van der Waals surface area contributed by atoms with Crippen LogP contribution in [0.3, 0.4) is 0 Å². The molecule has 28 heavy (non-hydrogen) atoms. The number of hydrogen-bond donors (Lipinski definition) is 0. The van der Waals surface area contributed by atoms with Gasteiger partial charge in [-0.3, -0.25) is 4.79 Å². The van der Waals surface area contributed by atoms with Gasteiger partial charge in [-0.25, -0.2) is 0 Å². The van der Waals surface area contributed by atoms with Gasteiger partial charge in [-0.2, -0.15) is 0 Å². The maximum absolute atomic E-state index is 12.5. The minimum atomic E-state index is 0.0750. The zero-order valence-corrected chi connectivity index (χ0v) is 16.8. The summed E-state index contributed by atoms with van der Waals surface area (Å²) in [6.45, 7) is 4.18. The lowest BCUT2D eigenvalue weighted by molar-refractivity contribution is -0.127. The van der Waals surface area contributed by atoms with E-state index in [1.54, 1.807) is 13.2 Å². The molecule has 1 saturated heterocycles. The Balaban J connectivity index is 1.52. The minimum absolute atomic E-state index is 0.0750. The fraction of sp³-hybridized carbons (Fsp3) is 0.375. The van der Waals surface area contributed by atoms with Gasteiger partial charge >= 0.3 is 0 Å². The van der Waals surface area contributed by atoms with Crippen molar-refractivity contribution >= 4 is 12.0 Å². The van der Waals surface area contributed by atoms with Gasteiger partial charge in [0.05, 0.1) is 13.7 Å². The van der Waals surface area contributed by atoms with Gasteiger partial charge in [0.25, 0.3) is 0 Å². The molecule has 1 amide bonds. The molecule has 4 nitrogen and oxygen atoms in total. The van der Waals surface area contributed by atoms with Crippen molar-refractivity contribution in [2.45, 2.75) is 26.2 Å². The van der Waals surface area contributed by atoms with E-state index in [-0.39, 0.29) is 5.91 Å². The number of nitrogens with zero attached hydrogens (tertiary/aromatic N) is 1. The van der Waals surface area contributed by atoms with Gasteiger partial charge in [0.1, 0.15) is 0 Å². The van der Waals surface area contributed by atoms with E-state index in [0.29, 0.717) is 24.0 Å². The fourth-order valence-corrected chi connectivity index (χ4v) is 3.64. The predicted molar refractivity (Wildman–Crippen MR) is 113 cm³/mol. The standard InChI is InChI=1S/C24H29NO3/c1-3-28-22-11-9-20(18-23(22)27-2)10-12-24(26)25-15-13-21(14-16-25)17-19-7-5-4-6-8-19/h4-12,18,21H,3,13-17H2,1-2H3/b12-10+. The second-order valence-corrected chi connectivity index (χ2v) is 7.14. The summed E-state index contributed by atoms with van der Waals surface area (Å²) in [5.41, 5.74) is 2.31. The van der Waals surface area contributed by atoms with E-state index in [1.165, 1.54) is 5.56 Å². The van der Waals surface area contributed by atoms with Gasteiger partial charge < -0.3 is 14.4 Å². The van der Waals surface area contributed by atoms with Crippen molar-refractivity contribution in [1.29, 1.82) is 0 Å². The Bertz CT molecular complexity index is 793. The van der Waals surface area contributed by atoms with Crippen molar-refractivity contribution in [3.63, 3.8) is 0 Å². The third-order valence-corrected chi connectivity index (χ3v) is 5.20. The van der Waals surface area contributed by atoms with E-state index in [1.807, 2.05) is 36.1 Å². The van der Waals surface area contributed by atoms with Crippen LogP contribution >= 0.6 is 0 Å². The lowest BCUT2D eigenvalue weighted by Gasteiger charge is -2.31. The van der Waals surface area contributed by atoms with Crippen molar-refractivity contribution in [2.75, 3.05) is 26.8 Å². The maximum atomic E-state index is 12.5. The molecule has 2 aromatic rings. The summed E-state index contributed by atoms with van der Waals surface area (Å²) in [6.07, 6.45) is 6.73. The summed E-state index contributed by atoms with van der Waals surface area (Å²) in [6, 6.07) is 16.3. The van der Waals surface area contributed by atoms with Crippen LogP contribution in [0, 0.1) is 5.92 Å². The molecule has 0 aromatic heterocycles. The van der Waals surface area contributed by atoms with Crippen LogP contribution in [0.15, 0.2) is 54.6 Å². The number of methoxy groups -OCH3 is 1. The number of amides is 1. The van der Waals surface area contributed by atoms with E-state index in [0.717, 1.165) is 37.9 Å². The average Bonchev–Trinajstić information content (AvgIpc) is 2.74. The Morgan fingerprint density at radius 1 is 1.11 bits per heavy atom. The molecule has 1 fully saturated rings. The molecule has 0 saturated carbocycles. The number of hydrogen-bond acceptors (Lipinski definition) is 3. The lowest BCUT2D eigenvalue weighted by Crippen LogP contribution is -2.37. The first-order valence-electron chi connectivity index (χ1n) is 10.0. The number of likely N-dealkylation sites (tertiary alicyclic amines) is 1. The molecule has 0 unspecified atom stereocenters. The van der Waals surface area contributed by atoms with Crippen molar-refractivity contribution in [3.05, 3.63) is 65.7 Å². The Labute approximate surface area is 167 Å². The Hall–Kier alpha value is -2.75. The van der Waals surface area contributed by atoms with Crippen molar-refractivity contribution < 1.29 is 14.3 Å². The second-order valence-electron chi connectivity index (χ2n) is 7.14. The highest BCUT2D eigenvalue weighted by atomic mass is 16.5. The van der Waals surface area contributed by atoms with E-state index in [9.17, 15) is 4.79 Å². The van der Waals surface area contributed by atoms with Crippen molar-refractivity contribution in [2.24, 2.45) is 5.92 Å². The molecule has 0 aliphatic carbocycles. The summed E-state index contributed by atoms with van der Waals surface area (Å²) in [7, 11) is 1.62. The first-order chi connectivity index (χ1) is 13.7. The van der Waals surface area contributed by atoms with Crippen molar-refractivity contribution in [3.8, 4) is 11.5 Å². The summed E-state index contributed by atoms with van der Waals surface area (Å²) < 4.78 is 10.9. The Morgan fingerprint density at radius 2 is 1.86 bits per heavy atom. The van der Waals surface area contributed by atoms with Gasteiger partial charge in [-0.1, -0.05) is 36.4 Å². The molecule has 1 heterocycles. The van der Waals surface area contributed by atoms with Crippen molar-refractivity contribution in [1.82, 2.24) is 4.90 Å². The first kappa shape index (κ1) is 20.0. The number of piperidine rings is 1. The number of carbonyl (C=O) groups is 1. The highest BCUT2D eigenvalue weighted by Crippen LogP contribution is 2.28. The number of ether oxygens (including phenoxy) is 2. The number of rotatable bonds is 7. The second kappa shape index (κ2) is 9.98. The molecule has 148 valence electrons. The Morgan fingerprint density at radius 3 is 2.54 bits per heavy atom. The average molecular weight is 380 g/mol.